The number of hydrogen-bond acceptors (Lipinski definition) is 5. The van der Waals surface area contributed by atoms with Crippen LogP contribution in [0.15, 0.2) is 71.8 Å². The quantitative estimate of drug-likeness (QED) is 0.503. The molecule has 2 heterocycles. The van der Waals surface area contributed by atoms with Gasteiger partial charge in [0.1, 0.15) is 11.6 Å². The molecule has 1 fully saturated rings. The second kappa shape index (κ2) is 10.2. The fraction of sp³-hybridized carbons (Fsp3) is 0.250. The molecule has 3 aromatic rings. The Morgan fingerprint density at radius 1 is 0.944 bits per heavy atom. The average Bonchev–Trinajstić information content (AvgIpc) is 3.11. The molecule has 1 aliphatic heterocycles. The Morgan fingerprint density at radius 3 is 2.36 bits per heavy atom. The van der Waals surface area contributed by atoms with Crippen molar-refractivity contribution in [2.24, 2.45) is 0 Å². The highest BCUT2D eigenvalue weighted by Crippen LogP contribution is 2.29. The van der Waals surface area contributed by atoms with E-state index >= 15 is 0 Å². The van der Waals surface area contributed by atoms with E-state index < -0.39 is 33.5 Å². The maximum atomic E-state index is 13.2. The molecule has 12 heteroatoms. The molecule has 0 aliphatic carbocycles. The van der Waals surface area contributed by atoms with Gasteiger partial charge in [-0.15, -0.1) is 0 Å². The number of nitrogens with zero attached hydrogens (tertiary/aromatic N) is 3. The summed E-state index contributed by atoms with van der Waals surface area (Å²) in [7, 11) is -3.76. The summed E-state index contributed by atoms with van der Waals surface area (Å²) >= 11 is 0. The van der Waals surface area contributed by atoms with Gasteiger partial charge in [-0.1, -0.05) is 6.07 Å². The minimum Gasteiger partial charge on any atom is -0.355 e. The largest absolute Gasteiger partial charge is 0.416 e. The molecule has 1 N–H and O–H groups in total. The maximum absolute atomic E-state index is 13.2. The lowest BCUT2D eigenvalue weighted by molar-refractivity contribution is -0.137. The highest BCUT2D eigenvalue weighted by atomic mass is 32.2. The lowest BCUT2D eigenvalue weighted by Gasteiger charge is -2.23. The van der Waals surface area contributed by atoms with Crippen LogP contribution in [0, 0.1) is 5.82 Å². The molecule has 4 rings (SSSR count). The predicted octanol–water partition coefficient (Wildman–Crippen LogP) is 4.39. The molecule has 0 spiro atoms. The van der Waals surface area contributed by atoms with Gasteiger partial charge in [0.2, 0.25) is 10.0 Å². The van der Waals surface area contributed by atoms with E-state index in [-0.39, 0.29) is 17.0 Å². The minimum absolute atomic E-state index is 0.0244. The number of anilines is 2. The van der Waals surface area contributed by atoms with Crippen molar-refractivity contribution >= 4 is 27.4 Å². The van der Waals surface area contributed by atoms with E-state index in [0.29, 0.717) is 37.6 Å². The Balaban J connectivity index is 1.40. The molecular weight excluding hydrogens is 500 g/mol. The third-order valence-electron chi connectivity index (χ3n) is 5.69. The van der Waals surface area contributed by atoms with E-state index in [1.807, 2.05) is 4.90 Å². The second-order valence-corrected chi connectivity index (χ2v) is 10.1. The number of rotatable bonds is 5. The smallest absolute Gasteiger partial charge is 0.355 e. The normalized spacial score (nSPS) is 15.4. The topological polar surface area (TPSA) is 82.6 Å². The minimum atomic E-state index is -4.55. The van der Waals surface area contributed by atoms with Crippen LogP contribution in [0.4, 0.5) is 29.1 Å². The number of carbonyl (C=O) groups excluding carboxylic acids is 1. The molecule has 0 saturated carbocycles. The first-order valence-electron chi connectivity index (χ1n) is 11.0. The highest BCUT2D eigenvalue weighted by molar-refractivity contribution is 7.89. The molecule has 0 unspecified atom stereocenters. The average molecular weight is 523 g/mol. The highest BCUT2D eigenvalue weighted by Gasteiger charge is 2.31. The molecule has 1 aromatic heterocycles. The Labute approximate surface area is 205 Å². The van der Waals surface area contributed by atoms with Gasteiger partial charge < -0.3 is 10.2 Å². The zero-order valence-corrected chi connectivity index (χ0v) is 19.7. The van der Waals surface area contributed by atoms with Gasteiger partial charge in [-0.25, -0.2) is 17.8 Å². The zero-order valence-electron chi connectivity index (χ0n) is 18.9. The van der Waals surface area contributed by atoms with E-state index in [0.717, 1.165) is 30.3 Å². The number of halogens is 4. The molecule has 2 aromatic carbocycles. The first-order valence-corrected chi connectivity index (χ1v) is 12.4. The van der Waals surface area contributed by atoms with Gasteiger partial charge in [0.05, 0.1) is 22.3 Å². The molecule has 190 valence electrons. The SMILES string of the molecule is O=C(Nc1ccc(N2CCCN(S(=O)(=O)c3ccc(F)cc3)CC2)nc1)c1cccc(C(F)(F)F)c1. The Kier molecular flexibility index (Phi) is 7.27. The second-order valence-electron chi connectivity index (χ2n) is 8.14. The van der Waals surface area contributed by atoms with Gasteiger partial charge in [0, 0.05) is 31.7 Å². The number of aromatic nitrogens is 1. The van der Waals surface area contributed by atoms with Crippen molar-refractivity contribution < 1.29 is 30.8 Å². The fourth-order valence-electron chi connectivity index (χ4n) is 3.81. The number of sulfonamides is 1. The third kappa shape index (κ3) is 5.82. The molecule has 0 atom stereocenters. The van der Waals surface area contributed by atoms with Crippen molar-refractivity contribution in [3.63, 3.8) is 0 Å². The summed E-state index contributed by atoms with van der Waals surface area (Å²) in [5.74, 6) is -0.656. The lowest BCUT2D eigenvalue weighted by atomic mass is 10.1. The predicted molar refractivity (Wildman–Crippen MR) is 126 cm³/mol. The van der Waals surface area contributed by atoms with Crippen LogP contribution in [-0.4, -0.2) is 49.8 Å². The van der Waals surface area contributed by atoms with Crippen molar-refractivity contribution in [2.75, 3.05) is 36.4 Å². The molecule has 7 nitrogen and oxygen atoms in total. The summed E-state index contributed by atoms with van der Waals surface area (Å²) in [5, 5.41) is 2.53. The fourth-order valence-corrected chi connectivity index (χ4v) is 5.28. The lowest BCUT2D eigenvalue weighted by Crippen LogP contribution is -2.35. The molecule has 0 radical (unpaired) electrons. The summed E-state index contributed by atoms with van der Waals surface area (Å²) in [5.41, 5.74) is -0.749. The van der Waals surface area contributed by atoms with Crippen molar-refractivity contribution in [2.45, 2.75) is 17.5 Å². The van der Waals surface area contributed by atoms with E-state index in [1.165, 1.54) is 28.7 Å². The van der Waals surface area contributed by atoms with Crippen LogP contribution >= 0.6 is 0 Å². The number of benzene rings is 2. The summed E-state index contributed by atoms with van der Waals surface area (Å²) in [6.07, 6.45) is -2.63. The number of pyridine rings is 1. The number of amides is 1. The standard InChI is InChI=1S/C24H22F4N4O3S/c25-19-5-8-21(9-6-19)36(34,35)32-12-2-11-31(13-14-32)22-10-7-20(16-29-22)30-23(33)17-3-1-4-18(15-17)24(26,27)28/h1,3-10,15-16H,2,11-14H2,(H,30,33). The van der Waals surface area contributed by atoms with E-state index in [9.17, 15) is 30.8 Å². The van der Waals surface area contributed by atoms with Crippen molar-refractivity contribution in [1.29, 1.82) is 0 Å². The van der Waals surface area contributed by atoms with Gasteiger partial charge in [-0.2, -0.15) is 17.5 Å². The first kappa shape index (κ1) is 25.6. The molecule has 0 bridgehead atoms. The molecule has 36 heavy (non-hydrogen) atoms. The van der Waals surface area contributed by atoms with Crippen LogP contribution in [0.2, 0.25) is 0 Å². The van der Waals surface area contributed by atoms with E-state index in [2.05, 4.69) is 10.3 Å². The van der Waals surface area contributed by atoms with Crippen LogP contribution in [0.25, 0.3) is 0 Å². The zero-order chi connectivity index (χ0) is 25.9. The Hall–Kier alpha value is -3.51. The number of nitrogens with one attached hydrogen (secondary N) is 1. The van der Waals surface area contributed by atoms with Crippen LogP contribution in [0.5, 0.6) is 0 Å². The van der Waals surface area contributed by atoms with Gasteiger partial charge in [0.25, 0.3) is 5.91 Å². The van der Waals surface area contributed by atoms with Crippen molar-refractivity contribution in [1.82, 2.24) is 9.29 Å². The summed E-state index contributed by atoms with van der Waals surface area (Å²) in [4.78, 5) is 18.6. The van der Waals surface area contributed by atoms with Crippen LogP contribution in [-0.2, 0) is 16.2 Å². The monoisotopic (exact) mass is 522 g/mol. The molecule has 1 amide bonds. The van der Waals surface area contributed by atoms with Crippen molar-refractivity contribution in [3.05, 3.63) is 83.8 Å². The van der Waals surface area contributed by atoms with Crippen molar-refractivity contribution in [3.8, 4) is 0 Å². The summed E-state index contributed by atoms with van der Waals surface area (Å²) < 4.78 is 79.0. The van der Waals surface area contributed by atoms with E-state index in [1.54, 1.807) is 12.1 Å². The Bertz CT molecular complexity index is 1330. The Morgan fingerprint density at radius 2 is 1.69 bits per heavy atom. The summed E-state index contributed by atoms with van der Waals surface area (Å²) in [6, 6.07) is 12.0. The van der Waals surface area contributed by atoms with Crippen LogP contribution < -0.4 is 10.2 Å². The van der Waals surface area contributed by atoms with Gasteiger partial charge >= 0.3 is 6.18 Å². The maximum Gasteiger partial charge on any atom is 0.416 e. The molecule has 1 saturated heterocycles. The van der Waals surface area contributed by atoms with Crippen LogP contribution in [0.1, 0.15) is 22.3 Å². The molecule has 1 aliphatic rings. The van der Waals surface area contributed by atoms with E-state index in [4.69, 9.17) is 0 Å². The van der Waals surface area contributed by atoms with Gasteiger partial charge in [0.15, 0.2) is 0 Å². The first-order chi connectivity index (χ1) is 17.0. The third-order valence-corrected chi connectivity index (χ3v) is 7.60. The number of carbonyl (C=O) groups is 1. The molecular formula is C24H22F4N4O3S. The number of alkyl halides is 3. The summed E-state index contributed by atoms with van der Waals surface area (Å²) in [6.45, 7) is 1.40. The van der Waals surface area contributed by atoms with Gasteiger partial charge in [-0.05, 0) is 61.0 Å². The van der Waals surface area contributed by atoms with Crippen LogP contribution in [0.3, 0.4) is 0 Å². The van der Waals surface area contributed by atoms with Gasteiger partial charge in [-0.3, -0.25) is 4.79 Å². The number of hydrogen-bond donors (Lipinski definition) is 1.